The Kier molecular flexibility index (Phi) is 4.25. The van der Waals surface area contributed by atoms with E-state index in [1.54, 1.807) is 0 Å². The lowest BCUT2D eigenvalue weighted by molar-refractivity contribution is -0.145. The molecule has 2 fully saturated rings. The lowest BCUT2D eigenvalue weighted by Gasteiger charge is -2.45. The number of ether oxygens (including phenoxy) is 1. The molecule has 2 N–H and O–H groups in total. The van der Waals surface area contributed by atoms with Gasteiger partial charge in [-0.2, -0.15) is 0 Å². The lowest BCUT2D eigenvalue weighted by atomic mass is 9.65. The summed E-state index contributed by atoms with van der Waals surface area (Å²) in [5, 5.41) is 12.2. The van der Waals surface area contributed by atoms with Crippen LogP contribution in [-0.2, 0) is 9.53 Å². The smallest absolute Gasteiger partial charge is 0.407 e. The third-order valence-electron chi connectivity index (χ3n) is 4.37. The molecule has 20 heavy (non-hydrogen) atoms. The van der Waals surface area contributed by atoms with Crippen LogP contribution in [0.3, 0.4) is 0 Å². The van der Waals surface area contributed by atoms with Crippen LogP contribution in [0.5, 0.6) is 0 Å². The highest BCUT2D eigenvalue weighted by atomic mass is 16.6. The molecule has 2 aliphatic carbocycles. The average molecular weight is 283 g/mol. The summed E-state index contributed by atoms with van der Waals surface area (Å²) in [5.41, 5.74) is -0.503. The van der Waals surface area contributed by atoms with Gasteiger partial charge >= 0.3 is 12.1 Å². The van der Waals surface area contributed by atoms with E-state index in [9.17, 15) is 14.7 Å². The van der Waals surface area contributed by atoms with E-state index in [1.807, 2.05) is 20.8 Å². The van der Waals surface area contributed by atoms with Gasteiger partial charge in [-0.15, -0.1) is 0 Å². The normalized spacial score (nSPS) is 33.4. The molecule has 0 radical (unpaired) electrons. The summed E-state index contributed by atoms with van der Waals surface area (Å²) in [6.45, 7) is 5.53. The van der Waals surface area contributed by atoms with Crippen LogP contribution >= 0.6 is 0 Å². The molecule has 0 aromatic carbocycles. The molecule has 5 heteroatoms. The third kappa shape index (κ3) is 3.64. The van der Waals surface area contributed by atoms with Crippen LogP contribution in [0.2, 0.25) is 0 Å². The monoisotopic (exact) mass is 283 g/mol. The summed E-state index contributed by atoms with van der Waals surface area (Å²) >= 11 is 0. The Morgan fingerprint density at radius 2 is 1.70 bits per heavy atom. The first-order valence-corrected chi connectivity index (χ1v) is 7.48. The van der Waals surface area contributed by atoms with E-state index in [0.717, 1.165) is 19.3 Å². The highest BCUT2D eigenvalue weighted by Gasteiger charge is 2.43. The Morgan fingerprint density at radius 3 is 2.15 bits per heavy atom. The summed E-state index contributed by atoms with van der Waals surface area (Å²) in [7, 11) is 0. The van der Waals surface area contributed by atoms with Crippen molar-refractivity contribution in [1.82, 2.24) is 5.32 Å². The van der Waals surface area contributed by atoms with Gasteiger partial charge in [0.25, 0.3) is 0 Å². The predicted molar refractivity (Wildman–Crippen MR) is 74.3 cm³/mol. The molecule has 2 aliphatic rings. The van der Waals surface area contributed by atoms with E-state index in [2.05, 4.69) is 5.32 Å². The molecule has 0 heterocycles. The molecule has 1 amide bonds. The molecule has 0 aromatic rings. The van der Waals surface area contributed by atoms with Gasteiger partial charge in [0, 0.05) is 6.04 Å². The second kappa shape index (κ2) is 5.62. The Hall–Kier alpha value is -1.26. The summed E-state index contributed by atoms with van der Waals surface area (Å²) in [4.78, 5) is 23.1. The van der Waals surface area contributed by atoms with Gasteiger partial charge in [0.15, 0.2) is 0 Å². The van der Waals surface area contributed by atoms with Crippen LogP contribution in [0, 0.1) is 17.8 Å². The van der Waals surface area contributed by atoms with Crippen molar-refractivity contribution in [1.29, 1.82) is 0 Å². The van der Waals surface area contributed by atoms with Crippen molar-refractivity contribution in [3.63, 3.8) is 0 Å². The fraction of sp³-hybridized carbons (Fsp3) is 0.867. The maximum absolute atomic E-state index is 11.9. The van der Waals surface area contributed by atoms with E-state index >= 15 is 0 Å². The average Bonchev–Trinajstić information content (AvgIpc) is 2.24. The Labute approximate surface area is 120 Å². The van der Waals surface area contributed by atoms with Gasteiger partial charge in [0.1, 0.15) is 5.60 Å². The Bertz CT molecular complexity index is 374. The predicted octanol–water partition coefficient (Wildman–Crippen LogP) is 2.79. The van der Waals surface area contributed by atoms with Crippen molar-refractivity contribution in [2.24, 2.45) is 17.8 Å². The topological polar surface area (TPSA) is 75.6 Å². The number of hydrogen-bond donors (Lipinski definition) is 2. The van der Waals surface area contributed by atoms with E-state index < -0.39 is 11.6 Å². The van der Waals surface area contributed by atoms with Crippen molar-refractivity contribution >= 4 is 12.1 Å². The molecule has 2 bridgehead atoms. The summed E-state index contributed by atoms with van der Waals surface area (Å²) in [5.74, 6) is -0.396. The molecular weight excluding hydrogens is 258 g/mol. The summed E-state index contributed by atoms with van der Waals surface area (Å²) in [6.07, 6.45) is 4.10. The van der Waals surface area contributed by atoms with E-state index in [-0.39, 0.29) is 29.9 Å². The molecule has 0 aliphatic heterocycles. The van der Waals surface area contributed by atoms with Crippen molar-refractivity contribution < 1.29 is 19.4 Å². The van der Waals surface area contributed by atoms with Gasteiger partial charge in [-0.05, 0) is 58.3 Å². The summed E-state index contributed by atoms with van der Waals surface area (Å²) < 4.78 is 5.31. The minimum atomic E-state index is -0.697. The maximum atomic E-state index is 11.9. The number of nitrogens with one attached hydrogen (secondary N) is 1. The number of carboxylic acids is 1. The highest BCUT2D eigenvalue weighted by molar-refractivity contribution is 5.71. The van der Waals surface area contributed by atoms with Crippen molar-refractivity contribution in [2.45, 2.75) is 64.5 Å². The summed E-state index contributed by atoms with van der Waals surface area (Å²) in [6, 6.07) is 0.0780. The van der Waals surface area contributed by atoms with Crippen LogP contribution < -0.4 is 5.32 Å². The fourth-order valence-electron chi connectivity index (χ4n) is 3.62. The largest absolute Gasteiger partial charge is 0.481 e. The number of rotatable bonds is 2. The SMILES string of the molecule is CC(C)(C)OC(=O)NC1C2CCCC1CC(C(=O)O)C2. The quantitative estimate of drug-likeness (QED) is 0.817. The van der Waals surface area contributed by atoms with Crippen molar-refractivity contribution in [3.05, 3.63) is 0 Å². The minimum absolute atomic E-state index is 0.0780. The zero-order chi connectivity index (χ0) is 14.9. The Balaban J connectivity index is 1.98. The van der Waals surface area contributed by atoms with Crippen LogP contribution in [-0.4, -0.2) is 28.8 Å². The van der Waals surface area contributed by atoms with Crippen LogP contribution in [0.1, 0.15) is 52.9 Å². The number of hydrogen-bond acceptors (Lipinski definition) is 3. The molecule has 0 aromatic heterocycles. The number of carbonyl (C=O) groups excluding carboxylic acids is 1. The van der Waals surface area contributed by atoms with Crippen molar-refractivity contribution in [3.8, 4) is 0 Å². The molecule has 114 valence electrons. The highest BCUT2D eigenvalue weighted by Crippen LogP contribution is 2.43. The van der Waals surface area contributed by atoms with E-state index in [4.69, 9.17) is 4.74 Å². The molecular formula is C15H25NO4. The minimum Gasteiger partial charge on any atom is -0.481 e. The van der Waals surface area contributed by atoms with E-state index in [1.165, 1.54) is 0 Å². The molecule has 5 nitrogen and oxygen atoms in total. The lowest BCUT2D eigenvalue weighted by Crippen LogP contribution is -2.53. The first-order chi connectivity index (χ1) is 9.26. The van der Waals surface area contributed by atoms with Crippen LogP contribution in [0.25, 0.3) is 0 Å². The second-order valence-corrected chi connectivity index (χ2v) is 7.13. The second-order valence-electron chi connectivity index (χ2n) is 7.13. The number of fused-ring (bicyclic) bond motifs is 2. The third-order valence-corrected chi connectivity index (χ3v) is 4.37. The zero-order valence-electron chi connectivity index (χ0n) is 12.5. The molecule has 2 saturated carbocycles. The fourth-order valence-corrected chi connectivity index (χ4v) is 3.62. The van der Waals surface area contributed by atoms with Gasteiger partial charge in [-0.25, -0.2) is 4.79 Å². The number of carbonyl (C=O) groups is 2. The molecule has 2 rings (SSSR count). The molecule has 2 unspecified atom stereocenters. The van der Waals surface area contributed by atoms with E-state index in [0.29, 0.717) is 12.8 Å². The number of amides is 1. The van der Waals surface area contributed by atoms with Gasteiger partial charge in [-0.3, -0.25) is 4.79 Å². The molecule has 2 atom stereocenters. The number of carboxylic acid groups (broad SMARTS) is 1. The molecule has 0 saturated heterocycles. The standard InChI is InChI=1S/C15H25NO4/c1-15(2,3)20-14(19)16-12-9-5-4-6-10(12)8-11(7-9)13(17)18/h9-12H,4-8H2,1-3H3,(H,16,19)(H,17,18). The molecule has 0 spiro atoms. The van der Waals surface area contributed by atoms with Crippen LogP contribution in [0.15, 0.2) is 0 Å². The van der Waals surface area contributed by atoms with Crippen molar-refractivity contribution in [2.75, 3.05) is 0 Å². The van der Waals surface area contributed by atoms with Gasteiger partial charge in [0.05, 0.1) is 5.92 Å². The van der Waals surface area contributed by atoms with Gasteiger partial charge in [0.2, 0.25) is 0 Å². The van der Waals surface area contributed by atoms with Gasteiger partial charge in [-0.1, -0.05) is 6.42 Å². The van der Waals surface area contributed by atoms with Gasteiger partial charge < -0.3 is 15.2 Å². The maximum Gasteiger partial charge on any atom is 0.407 e. The zero-order valence-corrected chi connectivity index (χ0v) is 12.5. The number of aliphatic carboxylic acids is 1. The first-order valence-electron chi connectivity index (χ1n) is 7.48. The van der Waals surface area contributed by atoms with Crippen LogP contribution in [0.4, 0.5) is 4.79 Å². The number of alkyl carbamates (subject to hydrolysis) is 1. The first kappa shape index (κ1) is 15.1. The Morgan fingerprint density at radius 1 is 1.15 bits per heavy atom.